The van der Waals surface area contributed by atoms with Crippen LogP contribution >= 0.6 is 11.6 Å². The Morgan fingerprint density at radius 1 is 1.31 bits per heavy atom. The molecule has 1 aromatic carbocycles. The van der Waals surface area contributed by atoms with E-state index in [1.807, 2.05) is 6.92 Å². The van der Waals surface area contributed by atoms with E-state index in [1.165, 1.54) is 0 Å². The van der Waals surface area contributed by atoms with E-state index in [1.54, 1.807) is 30.3 Å². The van der Waals surface area contributed by atoms with Crippen LogP contribution in [-0.4, -0.2) is 20.3 Å². The molecule has 0 bridgehead atoms. The number of alkyl halides is 1. The van der Waals surface area contributed by atoms with Crippen molar-refractivity contribution < 1.29 is 8.42 Å². The Kier molecular flexibility index (Phi) is 5.25. The molecule has 5 heteroatoms. The van der Waals surface area contributed by atoms with Crippen molar-refractivity contribution in [2.75, 3.05) is 6.54 Å². The second kappa shape index (κ2) is 6.23. The fourth-order valence-electron chi connectivity index (χ4n) is 1.24. The van der Waals surface area contributed by atoms with Gasteiger partial charge >= 0.3 is 0 Å². The summed E-state index contributed by atoms with van der Waals surface area (Å²) in [7, 11) is -3.37. The lowest BCUT2D eigenvalue weighted by Gasteiger charge is -2.08. The summed E-state index contributed by atoms with van der Waals surface area (Å²) < 4.78 is 26.0. The van der Waals surface area contributed by atoms with Crippen molar-refractivity contribution in [2.45, 2.75) is 30.0 Å². The minimum absolute atomic E-state index is 0.0264. The molecular formula is C11H16ClNO2S. The van der Waals surface area contributed by atoms with Crippen LogP contribution in [0, 0.1) is 0 Å². The van der Waals surface area contributed by atoms with E-state index in [0.717, 1.165) is 6.42 Å². The van der Waals surface area contributed by atoms with Crippen LogP contribution in [0.4, 0.5) is 0 Å². The third kappa shape index (κ3) is 4.12. The zero-order chi connectivity index (χ0) is 12.0. The molecule has 3 nitrogen and oxygen atoms in total. The van der Waals surface area contributed by atoms with Gasteiger partial charge < -0.3 is 0 Å². The van der Waals surface area contributed by atoms with Crippen molar-refractivity contribution in [1.29, 1.82) is 0 Å². The second-order valence-electron chi connectivity index (χ2n) is 3.51. The lowest BCUT2D eigenvalue weighted by atomic mass is 10.2. The Balaban J connectivity index is 2.54. The molecule has 1 unspecified atom stereocenters. The van der Waals surface area contributed by atoms with Crippen molar-refractivity contribution in [3.8, 4) is 0 Å². The molecule has 0 heterocycles. The summed E-state index contributed by atoms with van der Waals surface area (Å²) in [6.45, 7) is 2.35. The average molecular weight is 262 g/mol. The Morgan fingerprint density at radius 3 is 2.50 bits per heavy atom. The second-order valence-corrected chi connectivity index (χ2v) is 5.89. The van der Waals surface area contributed by atoms with E-state index in [0.29, 0.717) is 13.0 Å². The van der Waals surface area contributed by atoms with Crippen molar-refractivity contribution >= 4 is 21.6 Å². The van der Waals surface area contributed by atoms with Gasteiger partial charge in [-0.15, -0.1) is 11.6 Å². The Morgan fingerprint density at radius 2 is 1.94 bits per heavy atom. The van der Waals surface area contributed by atoms with Gasteiger partial charge in [0, 0.05) is 11.9 Å². The number of rotatable bonds is 6. The predicted octanol–water partition coefficient (Wildman–Crippen LogP) is 2.37. The van der Waals surface area contributed by atoms with E-state index in [2.05, 4.69) is 4.72 Å². The lowest BCUT2D eigenvalue weighted by Crippen LogP contribution is -2.26. The molecule has 0 aliphatic heterocycles. The Labute approximate surface area is 102 Å². The number of hydrogen-bond donors (Lipinski definition) is 1. The van der Waals surface area contributed by atoms with E-state index >= 15 is 0 Å². The summed E-state index contributed by atoms with van der Waals surface area (Å²) in [6.07, 6.45) is 1.48. The summed E-state index contributed by atoms with van der Waals surface area (Å²) in [5.74, 6) is 0. The van der Waals surface area contributed by atoms with E-state index in [4.69, 9.17) is 11.6 Å². The fraction of sp³-hybridized carbons (Fsp3) is 0.455. The van der Waals surface area contributed by atoms with E-state index in [-0.39, 0.29) is 10.3 Å². The SMILES string of the molecule is CCC(Cl)CCNS(=O)(=O)c1ccccc1. The summed E-state index contributed by atoms with van der Waals surface area (Å²) in [5.41, 5.74) is 0. The summed E-state index contributed by atoms with van der Waals surface area (Å²) >= 11 is 5.91. The van der Waals surface area contributed by atoms with Crippen LogP contribution in [0.3, 0.4) is 0 Å². The number of benzene rings is 1. The molecule has 0 aliphatic rings. The van der Waals surface area contributed by atoms with Gasteiger partial charge in [-0.05, 0) is 25.0 Å². The third-order valence-electron chi connectivity index (χ3n) is 2.25. The predicted molar refractivity (Wildman–Crippen MR) is 66.2 cm³/mol. The zero-order valence-corrected chi connectivity index (χ0v) is 10.8. The molecule has 0 saturated carbocycles. The molecule has 0 fully saturated rings. The molecule has 1 atom stereocenters. The van der Waals surface area contributed by atoms with Crippen molar-refractivity contribution in [2.24, 2.45) is 0 Å². The molecule has 0 aromatic heterocycles. The van der Waals surface area contributed by atoms with Gasteiger partial charge in [-0.3, -0.25) is 0 Å². The van der Waals surface area contributed by atoms with Crippen LogP contribution in [0.25, 0.3) is 0 Å². The molecule has 1 aromatic rings. The molecule has 0 amide bonds. The monoisotopic (exact) mass is 261 g/mol. The first-order valence-corrected chi connectivity index (χ1v) is 7.17. The molecule has 1 N–H and O–H groups in total. The number of sulfonamides is 1. The maximum Gasteiger partial charge on any atom is 0.240 e. The van der Waals surface area contributed by atoms with Gasteiger partial charge in [0.1, 0.15) is 0 Å². The molecule has 90 valence electrons. The molecule has 1 rings (SSSR count). The lowest BCUT2D eigenvalue weighted by molar-refractivity contribution is 0.576. The smallest absolute Gasteiger partial charge is 0.211 e. The largest absolute Gasteiger partial charge is 0.240 e. The summed E-state index contributed by atoms with van der Waals surface area (Å²) in [4.78, 5) is 0.289. The first-order valence-electron chi connectivity index (χ1n) is 5.25. The van der Waals surface area contributed by atoms with Gasteiger partial charge in [-0.2, -0.15) is 0 Å². The van der Waals surface area contributed by atoms with Crippen LogP contribution < -0.4 is 4.72 Å². The highest BCUT2D eigenvalue weighted by molar-refractivity contribution is 7.89. The first kappa shape index (κ1) is 13.5. The highest BCUT2D eigenvalue weighted by Gasteiger charge is 2.12. The van der Waals surface area contributed by atoms with E-state index in [9.17, 15) is 8.42 Å². The van der Waals surface area contributed by atoms with Crippen LogP contribution in [0.1, 0.15) is 19.8 Å². The highest BCUT2D eigenvalue weighted by Crippen LogP contribution is 2.09. The molecule has 0 saturated heterocycles. The Hall–Kier alpha value is -0.580. The van der Waals surface area contributed by atoms with Gasteiger partial charge in [-0.25, -0.2) is 13.1 Å². The van der Waals surface area contributed by atoms with Crippen LogP contribution in [0.15, 0.2) is 35.2 Å². The maximum atomic E-state index is 11.7. The molecule has 0 radical (unpaired) electrons. The van der Waals surface area contributed by atoms with Gasteiger partial charge in [0.15, 0.2) is 0 Å². The standard InChI is InChI=1S/C11H16ClNO2S/c1-2-10(12)8-9-13-16(14,15)11-6-4-3-5-7-11/h3-7,10,13H,2,8-9H2,1H3. The molecule has 0 aliphatic carbocycles. The van der Waals surface area contributed by atoms with Gasteiger partial charge in [0.2, 0.25) is 10.0 Å². The summed E-state index contributed by atoms with van der Waals surface area (Å²) in [6, 6.07) is 8.32. The van der Waals surface area contributed by atoms with Crippen LogP contribution in [-0.2, 0) is 10.0 Å². The molecular weight excluding hydrogens is 246 g/mol. The topological polar surface area (TPSA) is 46.2 Å². The average Bonchev–Trinajstić information content (AvgIpc) is 2.30. The number of halogens is 1. The van der Waals surface area contributed by atoms with Crippen molar-refractivity contribution in [3.05, 3.63) is 30.3 Å². The number of nitrogens with one attached hydrogen (secondary N) is 1. The summed E-state index contributed by atoms with van der Waals surface area (Å²) in [5, 5.41) is 0.0264. The van der Waals surface area contributed by atoms with Gasteiger partial charge in [0.25, 0.3) is 0 Å². The van der Waals surface area contributed by atoms with E-state index < -0.39 is 10.0 Å². The minimum Gasteiger partial charge on any atom is -0.211 e. The van der Waals surface area contributed by atoms with Crippen molar-refractivity contribution in [3.63, 3.8) is 0 Å². The van der Waals surface area contributed by atoms with Gasteiger partial charge in [0.05, 0.1) is 4.90 Å². The third-order valence-corrected chi connectivity index (χ3v) is 4.25. The van der Waals surface area contributed by atoms with Crippen LogP contribution in [0.5, 0.6) is 0 Å². The fourth-order valence-corrected chi connectivity index (χ4v) is 2.41. The first-order chi connectivity index (χ1) is 7.56. The van der Waals surface area contributed by atoms with Gasteiger partial charge in [-0.1, -0.05) is 25.1 Å². The quantitative estimate of drug-likeness (QED) is 0.799. The minimum atomic E-state index is -3.37. The highest BCUT2D eigenvalue weighted by atomic mass is 35.5. The molecule has 0 spiro atoms. The zero-order valence-electron chi connectivity index (χ0n) is 9.19. The molecule has 16 heavy (non-hydrogen) atoms. The van der Waals surface area contributed by atoms with Crippen LogP contribution in [0.2, 0.25) is 0 Å². The Bertz CT molecular complexity index is 405. The number of hydrogen-bond acceptors (Lipinski definition) is 2. The maximum absolute atomic E-state index is 11.7. The normalized spacial score (nSPS) is 13.6. The van der Waals surface area contributed by atoms with Crippen molar-refractivity contribution in [1.82, 2.24) is 4.72 Å².